The molecule has 46 valence electrons. The summed E-state index contributed by atoms with van der Waals surface area (Å²) in [6.07, 6.45) is 5.48. The van der Waals surface area contributed by atoms with Crippen molar-refractivity contribution >= 4 is 11.8 Å². The van der Waals surface area contributed by atoms with Crippen LogP contribution in [0.4, 0.5) is 0 Å². The van der Waals surface area contributed by atoms with Crippen LogP contribution in [-0.2, 0) is 0 Å². The van der Waals surface area contributed by atoms with E-state index in [-0.39, 0.29) is 0 Å². The third-order valence-corrected chi connectivity index (χ3v) is 3.40. The van der Waals surface area contributed by atoms with E-state index in [9.17, 15) is 0 Å². The van der Waals surface area contributed by atoms with Crippen molar-refractivity contribution in [1.82, 2.24) is 0 Å². The van der Waals surface area contributed by atoms with Crippen LogP contribution in [0.15, 0.2) is 12.2 Å². The summed E-state index contributed by atoms with van der Waals surface area (Å²) in [5.41, 5.74) is 0. The Morgan fingerprint density at radius 3 is 2.78 bits per heavy atom. The predicted octanol–water partition coefficient (Wildman–Crippen LogP) is 1.57. The van der Waals surface area contributed by atoms with Crippen LogP contribution < -0.4 is 0 Å². The Kier molecular flexibility index (Phi) is 1.06. The molecule has 3 unspecified atom stereocenters. The first-order chi connectivity index (χ1) is 4.40. The molecule has 0 amide bonds. The molecule has 0 aromatic rings. The maximum atomic E-state index is 8.59. The van der Waals surface area contributed by atoms with Gasteiger partial charge in [-0.1, -0.05) is 12.2 Å². The average molecular weight is 137 g/mol. The lowest BCUT2D eigenvalue weighted by atomic mass is 9.96. The number of rotatable bonds is 0. The molecule has 9 heavy (non-hydrogen) atoms. The van der Waals surface area contributed by atoms with Gasteiger partial charge in [0.15, 0.2) is 0 Å². The Morgan fingerprint density at radius 1 is 1.56 bits per heavy atom. The molecule has 2 rings (SSSR count). The first-order valence-corrected chi connectivity index (χ1v) is 4.08. The zero-order valence-electron chi connectivity index (χ0n) is 4.95. The van der Waals surface area contributed by atoms with Crippen LogP contribution in [0.3, 0.4) is 0 Å². The van der Waals surface area contributed by atoms with Crippen molar-refractivity contribution in [2.24, 2.45) is 5.92 Å². The molecule has 0 saturated carbocycles. The van der Waals surface area contributed by atoms with Gasteiger partial charge in [-0.05, 0) is 6.42 Å². The smallest absolute Gasteiger partial charge is 0.0671 e. The molecule has 1 nitrogen and oxygen atoms in total. The van der Waals surface area contributed by atoms with Crippen molar-refractivity contribution in [2.75, 3.05) is 0 Å². The van der Waals surface area contributed by atoms with Crippen LogP contribution in [0, 0.1) is 17.2 Å². The Bertz CT molecular complexity index is 192. The number of hydrogen-bond donors (Lipinski definition) is 0. The highest BCUT2D eigenvalue weighted by Crippen LogP contribution is 2.44. The van der Waals surface area contributed by atoms with Gasteiger partial charge < -0.3 is 0 Å². The van der Waals surface area contributed by atoms with Crippen molar-refractivity contribution in [3.05, 3.63) is 12.2 Å². The summed E-state index contributed by atoms with van der Waals surface area (Å²) in [7, 11) is 0. The molecule has 2 aliphatic rings. The van der Waals surface area contributed by atoms with E-state index in [1.807, 2.05) is 11.8 Å². The number of fused-ring (bicyclic) bond motifs is 2. The van der Waals surface area contributed by atoms with E-state index in [1.165, 1.54) is 0 Å². The van der Waals surface area contributed by atoms with Crippen LogP contribution in [0.2, 0.25) is 0 Å². The van der Waals surface area contributed by atoms with E-state index in [2.05, 4.69) is 18.2 Å². The number of nitriles is 1. The molecule has 2 bridgehead atoms. The van der Waals surface area contributed by atoms with Crippen LogP contribution in [0.25, 0.3) is 0 Å². The summed E-state index contributed by atoms with van der Waals surface area (Å²) >= 11 is 1.93. The summed E-state index contributed by atoms with van der Waals surface area (Å²) in [6.45, 7) is 0. The highest BCUT2D eigenvalue weighted by Gasteiger charge is 2.36. The van der Waals surface area contributed by atoms with Crippen molar-refractivity contribution in [3.63, 3.8) is 0 Å². The van der Waals surface area contributed by atoms with Crippen LogP contribution in [0.5, 0.6) is 0 Å². The molecule has 2 heterocycles. The average Bonchev–Trinajstić information content (AvgIpc) is 2.45. The maximum Gasteiger partial charge on any atom is 0.0671 e. The van der Waals surface area contributed by atoms with Gasteiger partial charge in [0.25, 0.3) is 0 Å². The van der Waals surface area contributed by atoms with E-state index in [1.54, 1.807) is 0 Å². The summed E-state index contributed by atoms with van der Waals surface area (Å²) in [4.78, 5) is 0. The van der Waals surface area contributed by atoms with Gasteiger partial charge in [-0.3, -0.25) is 0 Å². The summed E-state index contributed by atoms with van der Waals surface area (Å²) in [5, 5.41) is 9.78. The first kappa shape index (κ1) is 5.37. The molecule has 0 aromatic carbocycles. The molecule has 1 saturated heterocycles. The first-order valence-electron chi connectivity index (χ1n) is 3.13. The van der Waals surface area contributed by atoms with Gasteiger partial charge in [0, 0.05) is 10.5 Å². The van der Waals surface area contributed by atoms with Gasteiger partial charge in [0.05, 0.1) is 12.0 Å². The van der Waals surface area contributed by atoms with Crippen molar-refractivity contribution in [3.8, 4) is 6.07 Å². The van der Waals surface area contributed by atoms with Gasteiger partial charge in [0.1, 0.15) is 0 Å². The Labute approximate surface area is 58.7 Å². The minimum Gasteiger partial charge on any atom is -0.198 e. The maximum absolute atomic E-state index is 8.59. The summed E-state index contributed by atoms with van der Waals surface area (Å²) < 4.78 is 0. The minimum atomic E-state index is 0.310. The fraction of sp³-hybridized carbons (Fsp3) is 0.571. The SMILES string of the molecule is N#CC1CC2C=CC1S2. The van der Waals surface area contributed by atoms with E-state index >= 15 is 0 Å². The highest BCUT2D eigenvalue weighted by atomic mass is 32.2. The standard InChI is InChI=1S/C7H7NS/c8-4-5-3-6-1-2-7(5)9-6/h1-2,5-7H,3H2. The number of thioether (sulfide) groups is 1. The fourth-order valence-electron chi connectivity index (χ4n) is 1.40. The molecular formula is C7H7NS. The molecule has 3 atom stereocenters. The molecule has 0 spiro atoms. The van der Waals surface area contributed by atoms with E-state index in [4.69, 9.17) is 5.26 Å². The minimum absolute atomic E-state index is 0.310. The third-order valence-electron chi connectivity index (χ3n) is 1.90. The molecule has 2 heteroatoms. The molecule has 0 N–H and O–H groups in total. The van der Waals surface area contributed by atoms with Crippen molar-refractivity contribution in [2.45, 2.75) is 16.9 Å². The number of nitrogens with zero attached hydrogens (tertiary/aromatic N) is 1. The Morgan fingerprint density at radius 2 is 2.44 bits per heavy atom. The highest BCUT2D eigenvalue weighted by molar-refractivity contribution is 8.01. The zero-order chi connectivity index (χ0) is 6.27. The lowest BCUT2D eigenvalue weighted by molar-refractivity contribution is 0.656. The lowest BCUT2D eigenvalue weighted by Gasteiger charge is -2.05. The zero-order valence-corrected chi connectivity index (χ0v) is 5.77. The van der Waals surface area contributed by atoms with E-state index < -0.39 is 0 Å². The monoisotopic (exact) mass is 137 g/mol. The van der Waals surface area contributed by atoms with Crippen molar-refractivity contribution in [1.29, 1.82) is 5.26 Å². The third kappa shape index (κ3) is 0.684. The van der Waals surface area contributed by atoms with Crippen LogP contribution in [-0.4, -0.2) is 10.5 Å². The van der Waals surface area contributed by atoms with E-state index in [0.717, 1.165) is 6.42 Å². The van der Waals surface area contributed by atoms with Crippen LogP contribution in [0.1, 0.15) is 6.42 Å². The van der Waals surface area contributed by atoms with Crippen molar-refractivity contribution < 1.29 is 0 Å². The predicted molar refractivity (Wildman–Crippen MR) is 38.0 cm³/mol. The fourth-order valence-corrected chi connectivity index (χ4v) is 2.85. The summed E-state index contributed by atoms with van der Waals surface area (Å²) in [6, 6.07) is 2.32. The van der Waals surface area contributed by atoms with Crippen LogP contribution >= 0.6 is 11.8 Å². The number of hydrogen-bond acceptors (Lipinski definition) is 2. The largest absolute Gasteiger partial charge is 0.198 e. The van der Waals surface area contributed by atoms with Gasteiger partial charge in [-0.15, -0.1) is 11.8 Å². The second-order valence-corrected chi connectivity index (χ2v) is 3.92. The molecule has 0 radical (unpaired) electrons. The normalized spacial score (nSPS) is 45.4. The topological polar surface area (TPSA) is 23.8 Å². The molecular weight excluding hydrogens is 130 g/mol. The lowest BCUT2D eigenvalue weighted by Crippen LogP contribution is -2.08. The second kappa shape index (κ2) is 1.78. The quantitative estimate of drug-likeness (QED) is 0.473. The van der Waals surface area contributed by atoms with E-state index in [0.29, 0.717) is 16.4 Å². The Balaban J connectivity index is 2.22. The molecule has 0 aliphatic carbocycles. The van der Waals surface area contributed by atoms with Gasteiger partial charge in [-0.2, -0.15) is 5.26 Å². The molecule has 1 fully saturated rings. The van der Waals surface area contributed by atoms with Gasteiger partial charge in [0.2, 0.25) is 0 Å². The molecule has 0 aromatic heterocycles. The molecule has 2 aliphatic heterocycles. The Hall–Kier alpha value is -0.420. The summed E-state index contributed by atoms with van der Waals surface area (Å²) in [5.74, 6) is 0.310. The second-order valence-electron chi connectivity index (χ2n) is 2.50. The van der Waals surface area contributed by atoms with Gasteiger partial charge >= 0.3 is 0 Å². The van der Waals surface area contributed by atoms with Gasteiger partial charge in [-0.25, -0.2) is 0 Å².